The smallest absolute Gasteiger partial charge is 0.311 e. The summed E-state index contributed by atoms with van der Waals surface area (Å²) in [5.41, 5.74) is 3.94. The lowest BCUT2D eigenvalue weighted by atomic mass is 9.80. The molecule has 6 rings (SSSR count). The van der Waals surface area contributed by atoms with Crippen LogP contribution in [0.5, 0.6) is 5.75 Å². The van der Waals surface area contributed by atoms with Crippen molar-refractivity contribution in [3.8, 4) is 16.9 Å². The van der Waals surface area contributed by atoms with E-state index in [1.54, 1.807) is 24.5 Å². The number of fused-ring (bicyclic) bond motifs is 2. The van der Waals surface area contributed by atoms with Crippen molar-refractivity contribution < 1.29 is 23.5 Å². The lowest BCUT2D eigenvalue weighted by molar-refractivity contribution is -0.155. The molecule has 0 aliphatic carbocycles. The van der Waals surface area contributed by atoms with Gasteiger partial charge < -0.3 is 18.8 Å². The third kappa shape index (κ3) is 4.85. The van der Waals surface area contributed by atoms with Gasteiger partial charge in [0, 0.05) is 42.8 Å². The quantitative estimate of drug-likeness (QED) is 0.322. The van der Waals surface area contributed by atoms with Crippen LogP contribution in [0.3, 0.4) is 0 Å². The minimum absolute atomic E-state index is 0.0794. The number of hydrogen-bond donors (Lipinski definition) is 0. The van der Waals surface area contributed by atoms with Crippen LogP contribution in [0.1, 0.15) is 38.1 Å². The standard InChI is InChI=1S/C30H31FN6O4/c1-4-40-28(39)30(3)10-12-35(13-11-30)29-32-14-21(15-33-29)20-8-9-25-34-19(2)24(36(25)16-20)17-37-23-7-5-6-22(31)27(23)41-18-26(37)38/h5-9,14-16H,4,10-13,17-18H2,1-3H3. The maximum atomic E-state index is 14.4. The number of anilines is 2. The number of esters is 1. The van der Waals surface area contributed by atoms with Gasteiger partial charge in [-0.25, -0.2) is 19.3 Å². The Morgan fingerprint density at radius 2 is 1.88 bits per heavy atom. The fraction of sp³-hybridized carbons (Fsp3) is 0.367. The van der Waals surface area contributed by atoms with Crippen molar-refractivity contribution in [2.75, 3.05) is 36.1 Å². The number of piperidine rings is 1. The lowest BCUT2D eigenvalue weighted by Crippen LogP contribution is -2.44. The number of aryl methyl sites for hydroxylation is 1. The van der Waals surface area contributed by atoms with Crippen LogP contribution in [0.2, 0.25) is 0 Å². The number of aromatic nitrogens is 4. The molecule has 0 atom stereocenters. The van der Waals surface area contributed by atoms with E-state index in [-0.39, 0.29) is 30.8 Å². The molecule has 11 heteroatoms. The van der Waals surface area contributed by atoms with Crippen LogP contribution in [0.25, 0.3) is 16.8 Å². The first-order valence-electron chi connectivity index (χ1n) is 13.7. The second-order valence-electron chi connectivity index (χ2n) is 10.7. The van der Waals surface area contributed by atoms with Crippen molar-refractivity contribution in [3.05, 3.63) is 66.1 Å². The summed E-state index contributed by atoms with van der Waals surface area (Å²) < 4.78 is 26.9. The van der Waals surface area contributed by atoms with Crippen molar-refractivity contribution in [2.24, 2.45) is 5.41 Å². The van der Waals surface area contributed by atoms with Crippen molar-refractivity contribution >= 4 is 29.2 Å². The topological polar surface area (TPSA) is 102 Å². The maximum Gasteiger partial charge on any atom is 0.311 e. The second-order valence-corrected chi connectivity index (χ2v) is 10.7. The monoisotopic (exact) mass is 558 g/mol. The summed E-state index contributed by atoms with van der Waals surface area (Å²) in [6, 6.07) is 8.43. The molecule has 0 spiro atoms. The van der Waals surface area contributed by atoms with E-state index in [4.69, 9.17) is 9.47 Å². The Morgan fingerprint density at radius 1 is 1.12 bits per heavy atom. The van der Waals surface area contributed by atoms with Crippen LogP contribution < -0.4 is 14.5 Å². The molecule has 1 amide bonds. The Balaban J connectivity index is 1.23. The van der Waals surface area contributed by atoms with Crippen molar-refractivity contribution in [1.29, 1.82) is 0 Å². The van der Waals surface area contributed by atoms with E-state index >= 15 is 0 Å². The van der Waals surface area contributed by atoms with Crippen LogP contribution in [0.4, 0.5) is 16.0 Å². The third-order valence-corrected chi connectivity index (χ3v) is 7.99. The van der Waals surface area contributed by atoms with Gasteiger partial charge in [-0.3, -0.25) is 14.5 Å². The number of halogens is 1. The first-order valence-corrected chi connectivity index (χ1v) is 13.7. The highest BCUT2D eigenvalue weighted by Gasteiger charge is 2.38. The highest BCUT2D eigenvalue weighted by atomic mass is 19.1. The average molecular weight is 559 g/mol. The number of benzene rings is 1. The molecule has 0 bridgehead atoms. The van der Waals surface area contributed by atoms with Crippen LogP contribution >= 0.6 is 0 Å². The zero-order valence-electron chi connectivity index (χ0n) is 23.3. The van der Waals surface area contributed by atoms with Crippen molar-refractivity contribution in [1.82, 2.24) is 19.4 Å². The summed E-state index contributed by atoms with van der Waals surface area (Å²) in [5, 5.41) is 0. The predicted molar refractivity (Wildman–Crippen MR) is 150 cm³/mol. The van der Waals surface area contributed by atoms with E-state index in [0.29, 0.717) is 44.2 Å². The SMILES string of the molecule is CCOC(=O)C1(C)CCN(c2ncc(-c3ccc4nc(C)c(CN5C(=O)COc6c(F)cccc65)n4c3)cn2)CC1. The summed E-state index contributed by atoms with van der Waals surface area (Å²) in [4.78, 5) is 42.7. The average Bonchev–Trinajstić information content (AvgIpc) is 3.29. The molecule has 41 heavy (non-hydrogen) atoms. The summed E-state index contributed by atoms with van der Waals surface area (Å²) in [7, 11) is 0. The minimum atomic E-state index is -0.502. The normalized spacial score (nSPS) is 16.4. The summed E-state index contributed by atoms with van der Waals surface area (Å²) in [5.74, 6) is -0.196. The number of hydrogen-bond acceptors (Lipinski definition) is 8. The van der Waals surface area contributed by atoms with Gasteiger partial charge in [0.15, 0.2) is 18.2 Å². The lowest BCUT2D eigenvalue weighted by Gasteiger charge is -2.37. The first kappa shape index (κ1) is 26.7. The number of rotatable bonds is 6. The number of carbonyl (C=O) groups is 2. The summed E-state index contributed by atoms with van der Waals surface area (Å²) in [6.45, 7) is 7.39. The van der Waals surface area contributed by atoms with Gasteiger partial charge in [0.1, 0.15) is 5.65 Å². The van der Waals surface area contributed by atoms with Crippen molar-refractivity contribution in [2.45, 2.75) is 40.2 Å². The number of imidazole rings is 1. The Kier molecular flexibility index (Phi) is 6.80. The molecule has 1 aromatic carbocycles. The van der Waals surface area contributed by atoms with Gasteiger partial charge >= 0.3 is 5.97 Å². The number of amides is 1. The molecule has 1 saturated heterocycles. The Bertz CT molecular complexity index is 1630. The van der Waals surface area contributed by atoms with Gasteiger partial charge in [0.25, 0.3) is 5.91 Å². The van der Waals surface area contributed by atoms with E-state index in [0.717, 1.165) is 28.2 Å². The maximum absolute atomic E-state index is 14.4. The second kappa shape index (κ2) is 10.5. The first-order chi connectivity index (χ1) is 19.8. The molecule has 2 aliphatic rings. The molecule has 0 radical (unpaired) electrons. The van der Waals surface area contributed by atoms with Crippen LogP contribution in [0.15, 0.2) is 48.9 Å². The number of carbonyl (C=O) groups excluding carboxylic acids is 2. The molecular weight excluding hydrogens is 527 g/mol. The van der Waals surface area contributed by atoms with Crippen LogP contribution in [-0.4, -0.2) is 57.5 Å². The van der Waals surface area contributed by atoms with Gasteiger partial charge in [0.05, 0.1) is 35.6 Å². The molecule has 0 N–H and O–H groups in total. The molecule has 0 unspecified atom stereocenters. The zero-order valence-corrected chi connectivity index (χ0v) is 23.3. The van der Waals surface area contributed by atoms with E-state index in [1.807, 2.05) is 43.5 Å². The Morgan fingerprint density at radius 3 is 2.61 bits per heavy atom. The number of pyridine rings is 1. The Hall–Kier alpha value is -4.54. The molecule has 4 aromatic rings. The van der Waals surface area contributed by atoms with Gasteiger partial charge in [-0.1, -0.05) is 6.07 Å². The summed E-state index contributed by atoms with van der Waals surface area (Å²) >= 11 is 0. The molecular formula is C30H31FN6O4. The molecule has 10 nitrogen and oxygen atoms in total. The van der Waals surface area contributed by atoms with E-state index in [1.165, 1.54) is 11.0 Å². The molecule has 212 valence electrons. The highest BCUT2D eigenvalue weighted by Crippen LogP contribution is 2.36. The minimum Gasteiger partial charge on any atom is -0.478 e. The van der Waals surface area contributed by atoms with Gasteiger partial charge in [-0.15, -0.1) is 0 Å². The largest absolute Gasteiger partial charge is 0.478 e. The Labute approximate surface area is 236 Å². The predicted octanol–water partition coefficient (Wildman–Crippen LogP) is 4.33. The zero-order chi connectivity index (χ0) is 28.7. The fourth-order valence-electron chi connectivity index (χ4n) is 5.44. The van der Waals surface area contributed by atoms with Gasteiger partial charge in [-0.2, -0.15) is 0 Å². The van der Waals surface area contributed by atoms with Gasteiger partial charge in [-0.05, 0) is 57.9 Å². The number of para-hydroxylation sites is 1. The van der Waals surface area contributed by atoms with E-state index in [9.17, 15) is 14.0 Å². The molecule has 5 heterocycles. The van der Waals surface area contributed by atoms with Crippen molar-refractivity contribution in [3.63, 3.8) is 0 Å². The van der Waals surface area contributed by atoms with E-state index < -0.39 is 11.2 Å². The third-order valence-electron chi connectivity index (χ3n) is 7.99. The molecule has 0 saturated carbocycles. The van der Waals surface area contributed by atoms with Crippen LogP contribution in [0, 0.1) is 18.2 Å². The van der Waals surface area contributed by atoms with Gasteiger partial charge in [0.2, 0.25) is 5.95 Å². The molecule has 2 aliphatic heterocycles. The molecule has 1 fully saturated rings. The highest BCUT2D eigenvalue weighted by molar-refractivity contribution is 5.97. The van der Waals surface area contributed by atoms with E-state index in [2.05, 4.69) is 19.9 Å². The fourth-order valence-corrected chi connectivity index (χ4v) is 5.44. The number of ether oxygens (including phenoxy) is 2. The molecule has 3 aromatic heterocycles. The van der Waals surface area contributed by atoms with Crippen LogP contribution in [-0.2, 0) is 20.9 Å². The number of nitrogens with zero attached hydrogens (tertiary/aromatic N) is 6. The summed E-state index contributed by atoms with van der Waals surface area (Å²) in [6.07, 6.45) is 6.89.